The number of H-pyrrole nitrogens is 1. The Morgan fingerprint density at radius 1 is 1.57 bits per heavy atom. The lowest BCUT2D eigenvalue weighted by molar-refractivity contribution is 0.0619. The van der Waals surface area contributed by atoms with E-state index in [1.54, 1.807) is 0 Å². The van der Waals surface area contributed by atoms with Gasteiger partial charge in [0, 0.05) is 31.5 Å². The summed E-state index contributed by atoms with van der Waals surface area (Å²) in [5, 5.41) is 0. The van der Waals surface area contributed by atoms with Crippen molar-refractivity contribution in [2.45, 2.75) is 12.5 Å². The van der Waals surface area contributed by atoms with Crippen LogP contribution in [-0.4, -0.2) is 68.3 Å². The van der Waals surface area contributed by atoms with Crippen molar-refractivity contribution in [1.29, 1.82) is 0 Å². The van der Waals surface area contributed by atoms with E-state index < -0.39 is 9.84 Å². The predicted molar refractivity (Wildman–Crippen MR) is 76.2 cm³/mol. The van der Waals surface area contributed by atoms with Crippen LogP contribution in [0.2, 0.25) is 0 Å². The van der Waals surface area contributed by atoms with E-state index in [0.29, 0.717) is 31.4 Å². The summed E-state index contributed by atoms with van der Waals surface area (Å²) in [4.78, 5) is 27.4. The zero-order valence-corrected chi connectivity index (χ0v) is 12.6. The van der Waals surface area contributed by atoms with E-state index in [1.165, 1.54) is 24.3 Å². The number of nitrogens with one attached hydrogen (secondary N) is 1. The normalized spacial score (nSPS) is 20.3. The summed E-state index contributed by atoms with van der Waals surface area (Å²) in [7, 11) is -1.56. The molecular weight excluding hydrogens is 296 g/mol. The summed E-state index contributed by atoms with van der Waals surface area (Å²) in [5.41, 5.74) is 0.654. The molecule has 2 heterocycles. The van der Waals surface area contributed by atoms with Gasteiger partial charge in [-0.05, 0) is 12.5 Å². The molecule has 0 spiro atoms. The van der Waals surface area contributed by atoms with Crippen LogP contribution in [0.25, 0.3) is 0 Å². The number of nitrogens with zero attached hydrogens (tertiary/aromatic N) is 1. The summed E-state index contributed by atoms with van der Waals surface area (Å²) < 4.78 is 28.2. The lowest BCUT2D eigenvalue weighted by Crippen LogP contribution is -2.43. The van der Waals surface area contributed by atoms with Gasteiger partial charge in [0.15, 0.2) is 16.1 Å². The predicted octanol–water partition coefficient (Wildman–Crippen LogP) is 0.103. The number of methoxy groups -OCH3 is 1. The molecule has 1 aromatic heterocycles. The summed E-state index contributed by atoms with van der Waals surface area (Å²) in [6.45, 7) is 0.633. The first kappa shape index (κ1) is 15.7. The first-order valence-corrected chi connectivity index (χ1v) is 8.43. The van der Waals surface area contributed by atoms with Crippen LogP contribution in [-0.2, 0) is 14.6 Å². The second-order valence-electron chi connectivity index (χ2n) is 5.01. The Labute approximate surface area is 123 Å². The molecular formula is C13H18N2O5S. The molecule has 7 nitrogen and oxygen atoms in total. The summed E-state index contributed by atoms with van der Waals surface area (Å²) in [6, 6.07) is 1.11. The number of carbonyl (C=O) groups excluding carboxylic acids is 2. The minimum absolute atomic E-state index is 0.0241. The average Bonchev–Trinajstić information content (AvgIpc) is 3.05. The van der Waals surface area contributed by atoms with E-state index in [1.807, 2.05) is 0 Å². The molecule has 1 atom stereocenters. The third-order valence-electron chi connectivity index (χ3n) is 3.52. The highest BCUT2D eigenvalue weighted by molar-refractivity contribution is 7.91. The van der Waals surface area contributed by atoms with Crippen LogP contribution < -0.4 is 0 Å². The monoisotopic (exact) mass is 314 g/mol. The van der Waals surface area contributed by atoms with Crippen LogP contribution in [0.3, 0.4) is 0 Å². The highest BCUT2D eigenvalue weighted by Crippen LogP contribution is 2.20. The van der Waals surface area contributed by atoms with Crippen LogP contribution in [0.15, 0.2) is 12.3 Å². The standard InChI is InChI=1S/C13H18N2O5S/c1-20-4-3-15(11-2-5-21(18,19)9-11)13(17)12-6-10(8-16)7-14-12/h6-8,11,14H,2-5,9H2,1H3. The maximum absolute atomic E-state index is 12.5. The average molecular weight is 314 g/mol. The quantitative estimate of drug-likeness (QED) is 0.751. The van der Waals surface area contributed by atoms with Crippen molar-refractivity contribution in [3.05, 3.63) is 23.5 Å². The molecule has 1 aliphatic heterocycles. The van der Waals surface area contributed by atoms with Crippen molar-refractivity contribution in [1.82, 2.24) is 9.88 Å². The van der Waals surface area contributed by atoms with E-state index in [0.717, 1.165) is 0 Å². The van der Waals surface area contributed by atoms with Gasteiger partial charge in [0.2, 0.25) is 0 Å². The van der Waals surface area contributed by atoms with Gasteiger partial charge in [-0.3, -0.25) is 9.59 Å². The number of ether oxygens (including phenoxy) is 1. The molecule has 8 heteroatoms. The van der Waals surface area contributed by atoms with Gasteiger partial charge >= 0.3 is 0 Å². The summed E-state index contributed by atoms with van der Waals surface area (Å²) >= 11 is 0. The molecule has 0 saturated carbocycles. The van der Waals surface area contributed by atoms with Gasteiger partial charge in [0.1, 0.15) is 5.69 Å². The number of hydrogen-bond acceptors (Lipinski definition) is 5. The molecule has 1 aliphatic rings. The molecule has 2 rings (SSSR count). The highest BCUT2D eigenvalue weighted by atomic mass is 32.2. The van der Waals surface area contributed by atoms with Crippen molar-refractivity contribution >= 4 is 22.0 Å². The minimum Gasteiger partial charge on any atom is -0.383 e. The zero-order valence-electron chi connectivity index (χ0n) is 11.7. The van der Waals surface area contributed by atoms with Crippen LogP contribution in [0, 0.1) is 0 Å². The fraction of sp³-hybridized carbons (Fsp3) is 0.538. The number of aromatic amines is 1. The Hall–Kier alpha value is -1.67. The smallest absolute Gasteiger partial charge is 0.270 e. The van der Waals surface area contributed by atoms with Gasteiger partial charge in [-0.25, -0.2) is 8.42 Å². The van der Waals surface area contributed by atoms with Crippen molar-refractivity contribution in [3.8, 4) is 0 Å². The molecule has 1 aromatic rings. The highest BCUT2D eigenvalue weighted by Gasteiger charge is 2.35. The number of rotatable bonds is 6. The molecule has 0 aliphatic carbocycles. The summed E-state index contributed by atoms with van der Waals surface area (Å²) in [5.74, 6) is -0.245. The Balaban J connectivity index is 2.18. The Bertz CT molecular complexity index is 622. The van der Waals surface area contributed by atoms with Crippen molar-refractivity contribution in [2.75, 3.05) is 31.8 Å². The third-order valence-corrected chi connectivity index (χ3v) is 5.27. The van der Waals surface area contributed by atoms with E-state index in [2.05, 4.69) is 4.98 Å². The molecule has 1 N–H and O–H groups in total. The Morgan fingerprint density at radius 3 is 2.86 bits per heavy atom. The second kappa shape index (κ2) is 6.40. The summed E-state index contributed by atoms with van der Waals surface area (Å²) in [6.07, 6.45) is 2.52. The van der Waals surface area contributed by atoms with Crippen LogP contribution in [0.4, 0.5) is 0 Å². The first-order valence-electron chi connectivity index (χ1n) is 6.61. The maximum Gasteiger partial charge on any atom is 0.270 e. The molecule has 21 heavy (non-hydrogen) atoms. The number of sulfone groups is 1. The Morgan fingerprint density at radius 2 is 2.33 bits per heavy atom. The number of aldehydes is 1. The van der Waals surface area contributed by atoms with E-state index >= 15 is 0 Å². The molecule has 116 valence electrons. The number of amides is 1. The second-order valence-corrected chi connectivity index (χ2v) is 7.24. The van der Waals surface area contributed by atoms with E-state index in [4.69, 9.17) is 4.74 Å². The zero-order chi connectivity index (χ0) is 15.5. The lowest BCUT2D eigenvalue weighted by atomic mass is 10.2. The van der Waals surface area contributed by atoms with Crippen LogP contribution in [0.1, 0.15) is 27.3 Å². The van der Waals surface area contributed by atoms with E-state index in [9.17, 15) is 18.0 Å². The van der Waals surface area contributed by atoms with Gasteiger partial charge in [-0.15, -0.1) is 0 Å². The topological polar surface area (TPSA) is 96.5 Å². The minimum atomic E-state index is -3.08. The number of aromatic nitrogens is 1. The molecule has 1 fully saturated rings. The molecule has 0 aromatic carbocycles. The van der Waals surface area contributed by atoms with Gasteiger partial charge < -0.3 is 14.6 Å². The molecule has 1 saturated heterocycles. The largest absolute Gasteiger partial charge is 0.383 e. The van der Waals surface area contributed by atoms with Gasteiger partial charge in [0.25, 0.3) is 5.91 Å². The number of carbonyl (C=O) groups is 2. The lowest BCUT2D eigenvalue weighted by Gasteiger charge is -2.27. The van der Waals surface area contributed by atoms with Crippen LogP contribution in [0.5, 0.6) is 0 Å². The number of hydrogen-bond donors (Lipinski definition) is 1. The van der Waals surface area contributed by atoms with Crippen molar-refractivity contribution in [2.24, 2.45) is 0 Å². The van der Waals surface area contributed by atoms with Gasteiger partial charge in [0.05, 0.1) is 18.1 Å². The third kappa shape index (κ3) is 3.70. The molecule has 1 amide bonds. The fourth-order valence-electron chi connectivity index (χ4n) is 2.42. The molecule has 0 radical (unpaired) electrons. The molecule has 0 bridgehead atoms. The van der Waals surface area contributed by atoms with Crippen molar-refractivity contribution in [3.63, 3.8) is 0 Å². The van der Waals surface area contributed by atoms with Gasteiger partial charge in [-0.1, -0.05) is 0 Å². The SMILES string of the molecule is COCCN(C(=O)c1cc(C=O)c[nH]1)C1CCS(=O)(=O)C1. The van der Waals surface area contributed by atoms with E-state index in [-0.39, 0.29) is 29.1 Å². The molecule has 1 unspecified atom stereocenters. The van der Waals surface area contributed by atoms with Crippen LogP contribution >= 0.6 is 0 Å². The first-order chi connectivity index (χ1) is 9.96. The van der Waals surface area contributed by atoms with Crippen molar-refractivity contribution < 1.29 is 22.7 Å². The maximum atomic E-state index is 12.5. The van der Waals surface area contributed by atoms with Gasteiger partial charge in [-0.2, -0.15) is 0 Å². The Kier molecular flexibility index (Phi) is 4.79. The fourth-order valence-corrected chi connectivity index (χ4v) is 4.15.